The molecule has 3 heteroatoms. The normalized spacial score (nSPS) is 9.92. The molecule has 0 saturated carbocycles. The first-order valence-corrected chi connectivity index (χ1v) is 3.75. The second kappa shape index (κ2) is 3.45. The van der Waals surface area contributed by atoms with Crippen LogP contribution in [-0.4, -0.2) is 24.3 Å². The zero-order chi connectivity index (χ0) is 9.14. The second-order valence-corrected chi connectivity index (χ2v) is 2.88. The molecule has 0 radical (unpaired) electrons. The van der Waals surface area contributed by atoms with Crippen molar-refractivity contribution in [2.24, 2.45) is 0 Å². The summed E-state index contributed by atoms with van der Waals surface area (Å²) < 4.78 is 0. The second-order valence-electron chi connectivity index (χ2n) is 2.88. The van der Waals surface area contributed by atoms with E-state index in [4.69, 9.17) is 5.11 Å². The molecule has 0 unspecified atom stereocenters. The first-order valence-electron chi connectivity index (χ1n) is 3.75. The molecule has 0 heterocycles. The highest BCUT2D eigenvalue weighted by Crippen LogP contribution is 2.26. The van der Waals surface area contributed by atoms with Crippen LogP contribution in [0.25, 0.3) is 0 Å². The van der Waals surface area contributed by atoms with Crippen LogP contribution in [-0.2, 0) is 6.61 Å². The molecule has 0 aromatic heterocycles. The lowest BCUT2D eigenvalue weighted by Crippen LogP contribution is -2.09. The van der Waals surface area contributed by atoms with E-state index in [1.54, 1.807) is 23.1 Å². The van der Waals surface area contributed by atoms with Crippen LogP contribution in [0.5, 0.6) is 5.75 Å². The molecule has 1 aromatic rings. The van der Waals surface area contributed by atoms with Crippen LogP contribution in [0.2, 0.25) is 0 Å². The maximum absolute atomic E-state index is 9.38. The monoisotopic (exact) mass is 167 g/mol. The third-order valence-corrected chi connectivity index (χ3v) is 1.70. The first-order chi connectivity index (χ1) is 5.65. The molecule has 12 heavy (non-hydrogen) atoms. The number of phenolic OH excluding ortho intramolecular Hbond substituents is 1. The number of anilines is 1. The summed E-state index contributed by atoms with van der Waals surface area (Å²) in [7, 11) is 3.69. The topological polar surface area (TPSA) is 43.7 Å². The smallest absolute Gasteiger partial charge is 0.138 e. The van der Waals surface area contributed by atoms with Gasteiger partial charge in [-0.05, 0) is 17.7 Å². The van der Waals surface area contributed by atoms with Crippen molar-refractivity contribution in [2.45, 2.75) is 6.61 Å². The van der Waals surface area contributed by atoms with Crippen molar-refractivity contribution in [3.63, 3.8) is 0 Å². The van der Waals surface area contributed by atoms with Crippen LogP contribution in [0.3, 0.4) is 0 Å². The van der Waals surface area contributed by atoms with Crippen molar-refractivity contribution < 1.29 is 10.2 Å². The summed E-state index contributed by atoms with van der Waals surface area (Å²) in [5.74, 6) is 0.234. The fraction of sp³-hybridized carbons (Fsp3) is 0.333. The largest absolute Gasteiger partial charge is 0.506 e. The lowest BCUT2D eigenvalue weighted by molar-refractivity contribution is 0.281. The average molecular weight is 167 g/mol. The summed E-state index contributed by atoms with van der Waals surface area (Å²) in [6.45, 7) is 0.00111. The van der Waals surface area contributed by atoms with Gasteiger partial charge in [0.15, 0.2) is 0 Å². The van der Waals surface area contributed by atoms with Crippen molar-refractivity contribution in [1.29, 1.82) is 0 Å². The van der Waals surface area contributed by atoms with E-state index in [1.807, 2.05) is 14.1 Å². The molecule has 1 aromatic carbocycles. The van der Waals surface area contributed by atoms with Gasteiger partial charge in [0, 0.05) is 14.1 Å². The number of aromatic hydroxyl groups is 1. The van der Waals surface area contributed by atoms with Gasteiger partial charge in [0.1, 0.15) is 5.75 Å². The van der Waals surface area contributed by atoms with Crippen LogP contribution < -0.4 is 4.90 Å². The molecule has 0 bridgehead atoms. The molecular weight excluding hydrogens is 154 g/mol. The third kappa shape index (κ3) is 1.68. The highest BCUT2D eigenvalue weighted by atomic mass is 16.3. The van der Waals surface area contributed by atoms with E-state index in [1.165, 1.54) is 0 Å². The molecule has 3 nitrogen and oxygen atoms in total. The highest BCUT2D eigenvalue weighted by molar-refractivity contribution is 5.58. The first kappa shape index (κ1) is 8.87. The summed E-state index contributed by atoms with van der Waals surface area (Å²) in [6.07, 6.45) is 0. The summed E-state index contributed by atoms with van der Waals surface area (Å²) in [4.78, 5) is 1.80. The van der Waals surface area contributed by atoms with E-state index in [9.17, 15) is 5.11 Å². The van der Waals surface area contributed by atoms with E-state index >= 15 is 0 Å². The number of phenols is 1. The van der Waals surface area contributed by atoms with Gasteiger partial charge in [0.05, 0.1) is 12.3 Å². The Bertz CT molecular complexity index is 271. The fourth-order valence-electron chi connectivity index (χ4n) is 1.03. The Hall–Kier alpha value is -1.22. The number of nitrogens with zero attached hydrogens (tertiary/aromatic N) is 1. The van der Waals surface area contributed by atoms with Crippen molar-refractivity contribution in [3.05, 3.63) is 23.8 Å². The van der Waals surface area contributed by atoms with Crippen LogP contribution in [0.4, 0.5) is 5.69 Å². The van der Waals surface area contributed by atoms with Gasteiger partial charge in [-0.15, -0.1) is 0 Å². The van der Waals surface area contributed by atoms with E-state index < -0.39 is 0 Å². The Labute approximate surface area is 71.9 Å². The minimum absolute atomic E-state index is 0.00111. The molecule has 0 amide bonds. The number of aliphatic hydroxyl groups is 1. The molecule has 66 valence electrons. The van der Waals surface area contributed by atoms with Crippen molar-refractivity contribution in [3.8, 4) is 5.75 Å². The van der Waals surface area contributed by atoms with Gasteiger partial charge in [0.2, 0.25) is 0 Å². The van der Waals surface area contributed by atoms with Gasteiger partial charge in [-0.1, -0.05) is 6.07 Å². The molecule has 0 fully saturated rings. The standard InChI is InChI=1S/C9H13NO2/c1-10(2)8-5-7(6-11)3-4-9(8)12/h3-5,11-12H,6H2,1-2H3. The van der Waals surface area contributed by atoms with E-state index in [-0.39, 0.29) is 12.4 Å². The molecule has 0 saturated heterocycles. The fourth-order valence-corrected chi connectivity index (χ4v) is 1.03. The van der Waals surface area contributed by atoms with Crippen molar-refractivity contribution >= 4 is 5.69 Å². The van der Waals surface area contributed by atoms with Gasteiger partial charge < -0.3 is 15.1 Å². The Balaban J connectivity index is 3.08. The number of aliphatic hydroxyl groups excluding tert-OH is 1. The van der Waals surface area contributed by atoms with Gasteiger partial charge in [-0.25, -0.2) is 0 Å². The van der Waals surface area contributed by atoms with Gasteiger partial charge in [0.25, 0.3) is 0 Å². The lowest BCUT2D eigenvalue weighted by atomic mass is 10.2. The molecule has 0 aliphatic carbocycles. The minimum atomic E-state index is 0.00111. The molecule has 1 rings (SSSR count). The van der Waals surface area contributed by atoms with Gasteiger partial charge >= 0.3 is 0 Å². The maximum Gasteiger partial charge on any atom is 0.138 e. The van der Waals surface area contributed by atoms with Crippen LogP contribution in [0.1, 0.15) is 5.56 Å². The summed E-state index contributed by atoms with van der Waals surface area (Å²) in [5.41, 5.74) is 1.53. The predicted molar refractivity (Wildman–Crippen MR) is 48.4 cm³/mol. The van der Waals surface area contributed by atoms with E-state index in [0.717, 1.165) is 11.3 Å². The summed E-state index contributed by atoms with van der Waals surface area (Å²) in [5, 5.41) is 18.2. The summed E-state index contributed by atoms with van der Waals surface area (Å²) in [6, 6.07) is 5.04. The lowest BCUT2D eigenvalue weighted by Gasteiger charge is -2.14. The third-order valence-electron chi connectivity index (χ3n) is 1.70. The van der Waals surface area contributed by atoms with E-state index in [2.05, 4.69) is 0 Å². The number of rotatable bonds is 2. The van der Waals surface area contributed by atoms with Crippen LogP contribution in [0.15, 0.2) is 18.2 Å². The van der Waals surface area contributed by atoms with Crippen molar-refractivity contribution in [2.75, 3.05) is 19.0 Å². The highest BCUT2D eigenvalue weighted by Gasteiger charge is 2.03. The molecule has 0 spiro atoms. The van der Waals surface area contributed by atoms with Crippen molar-refractivity contribution in [1.82, 2.24) is 0 Å². The number of hydrogen-bond donors (Lipinski definition) is 2. The van der Waals surface area contributed by atoms with Gasteiger partial charge in [-0.2, -0.15) is 0 Å². The number of hydrogen-bond acceptors (Lipinski definition) is 3. The summed E-state index contributed by atoms with van der Waals surface area (Å²) >= 11 is 0. The van der Waals surface area contributed by atoms with E-state index in [0.29, 0.717) is 0 Å². The van der Waals surface area contributed by atoms with Crippen LogP contribution in [0, 0.1) is 0 Å². The predicted octanol–water partition coefficient (Wildman–Crippen LogP) is 0.950. The molecule has 0 aliphatic rings. The minimum Gasteiger partial charge on any atom is -0.506 e. The molecule has 0 aliphatic heterocycles. The zero-order valence-corrected chi connectivity index (χ0v) is 7.28. The average Bonchev–Trinajstić information content (AvgIpc) is 2.05. The SMILES string of the molecule is CN(C)c1cc(CO)ccc1O. The Morgan fingerprint density at radius 3 is 2.50 bits per heavy atom. The van der Waals surface area contributed by atoms with Gasteiger partial charge in [-0.3, -0.25) is 0 Å². The van der Waals surface area contributed by atoms with Crippen LogP contribution >= 0.6 is 0 Å². The zero-order valence-electron chi connectivity index (χ0n) is 7.28. The molecule has 2 N–H and O–H groups in total. The Morgan fingerprint density at radius 1 is 1.33 bits per heavy atom. The quantitative estimate of drug-likeness (QED) is 0.689. The Kier molecular flexibility index (Phi) is 2.55. The molecule has 0 atom stereocenters. The number of benzene rings is 1. The Morgan fingerprint density at radius 2 is 2.00 bits per heavy atom. The molecular formula is C9H13NO2. The maximum atomic E-state index is 9.38.